The molecule has 0 bridgehead atoms. The van der Waals surface area contributed by atoms with Crippen molar-refractivity contribution in [2.24, 2.45) is 0 Å². The number of aromatic nitrogens is 2. The average Bonchev–Trinajstić information content (AvgIpc) is 2.81. The van der Waals surface area contributed by atoms with Crippen LogP contribution in [0.5, 0.6) is 0 Å². The number of carbonyl (C=O) groups excluding carboxylic acids is 2. The van der Waals surface area contributed by atoms with Gasteiger partial charge in [0.2, 0.25) is 0 Å². The highest BCUT2D eigenvalue weighted by Gasteiger charge is 2.20. The van der Waals surface area contributed by atoms with E-state index in [0.29, 0.717) is 11.3 Å². The maximum atomic E-state index is 13.1. The first-order valence-corrected chi connectivity index (χ1v) is 10.2. The van der Waals surface area contributed by atoms with Gasteiger partial charge in [-0.3, -0.25) is 19.0 Å². The Kier molecular flexibility index (Phi) is 7.99. The quantitative estimate of drug-likeness (QED) is 0.494. The van der Waals surface area contributed by atoms with Crippen LogP contribution in [0.2, 0.25) is 5.15 Å². The van der Waals surface area contributed by atoms with Crippen LogP contribution in [0, 0.1) is 0 Å². The summed E-state index contributed by atoms with van der Waals surface area (Å²) in [5, 5.41) is 2.82. The highest BCUT2D eigenvalue weighted by Crippen LogP contribution is 2.26. The van der Waals surface area contributed by atoms with E-state index >= 15 is 0 Å². The van der Waals surface area contributed by atoms with Crippen LogP contribution in [0.1, 0.15) is 12.0 Å². The van der Waals surface area contributed by atoms with Gasteiger partial charge in [-0.2, -0.15) is 0 Å². The van der Waals surface area contributed by atoms with E-state index < -0.39 is 17.5 Å². The number of ether oxygens (including phenoxy) is 2. The highest BCUT2D eigenvalue weighted by atomic mass is 35.5. The van der Waals surface area contributed by atoms with Crippen molar-refractivity contribution in [2.45, 2.75) is 19.6 Å². The Labute approximate surface area is 189 Å². The molecule has 0 amide bonds. The number of nitrogens with zero attached hydrogens (tertiary/aromatic N) is 2. The maximum Gasteiger partial charge on any atom is 0.326 e. The second-order valence-corrected chi connectivity index (χ2v) is 7.11. The van der Waals surface area contributed by atoms with E-state index in [9.17, 15) is 14.4 Å². The normalized spacial score (nSPS) is 10.4. The number of hydrogen-bond acceptors (Lipinski definition) is 7. The number of rotatable bonds is 9. The van der Waals surface area contributed by atoms with Gasteiger partial charge >= 0.3 is 11.9 Å². The fraction of sp³-hybridized carbons (Fsp3) is 0.217. The summed E-state index contributed by atoms with van der Waals surface area (Å²) in [6.07, 6.45) is 0.0365. The Bertz CT molecular complexity index is 1130. The Morgan fingerprint density at radius 3 is 2.34 bits per heavy atom. The molecule has 0 spiro atoms. The molecule has 166 valence electrons. The van der Waals surface area contributed by atoms with Gasteiger partial charge < -0.3 is 14.8 Å². The van der Waals surface area contributed by atoms with Gasteiger partial charge in [0.25, 0.3) is 5.56 Å². The summed E-state index contributed by atoms with van der Waals surface area (Å²) in [5.41, 5.74) is 1.19. The summed E-state index contributed by atoms with van der Waals surface area (Å²) in [5.74, 6) is -1.11. The number of carbonyl (C=O) groups is 2. The van der Waals surface area contributed by atoms with E-state index in [-0.39, 0.29) is 37.1 Å². The zero-order valence-electron chi connectivity index (χ0n) is 17.4. The molecular weight excluding hydrogens is 434 g/mol. The van der Waals surface area contributed by atoms with Crippen molar-refractivity contribution in [3.63, 3.8) is 0 Å². The lowest BCUT2D eigenvalue weighted by atomic mass is 10.1. The molecule has 32 heavy (non-hydrogen) atoms. The molecule has 3 rings (SSSR count). The van der Waals surface area contributed by atoms with Gasteiger partial charge in [-0.05, 0) is 5.56 Å². The molecule has 1 N–H and O–H groups in total. The molecule has 0 aliphatic carbocycles. The van der Waals surface area contributed by atoms with Crippen LogP contribution in [0.15, 0.2) is 65.5 Å². The number of nitrogens with one attached hydrogen (secondary N) is 1. The first-order chi connectivity index (χ1) is 15.5. The molecule has 3 aromatic rings. The minimum absolute atomic E-state index is 0.0345. The second-order valence-electron chi connectivity index (χ2n) is 6.76. The lowest BCUT2D eigenvalue weighted by Gasteiger charge is -2.16. The van der Waals surface area contributed by atoms with Crippen LogP contribution in [-0.4, -0.2) is 35.1 Å². The predicted octanol–water partition coefficient (Wildman–Crippen LogP) is 3.28. The number of hydrogen-bond donors (Lipinski definition) is 1. The van der Waals surface area contributed by atoms with Crippen LogP contribution in [-0.2, 0) is 32.2 Å². The fourth-order valence-electron chi connectivity index (χ4n) is 2.97. The van der Waals surface area contributed by atoms with Crippen LogP contribution < -0.4 is 10.9 Å². The van der Waals surface area contributed by atoms with Gasteiger partial charge in [-0.1, -0.05) is 72.3 Å². The molecule has 0 radical (unpaired) electrons. The van der Waals surface area contributed by atoms with Gasteiger partial charge in [0.1, 0.15) is 13.2 Å². The van der Waals surface area contributed by atoms with Crippen LogP contribution in [0.4, 0.5) is 5.82 Å². The summed E-state index contributed by atoms with van der Waals surface area (Å²) in [6.45, 7) is -0.156. The van der Waals surface area contributed by atoms with Crippen molar-refractivity contribution >= 4 is 29.4 Å². The van der Waals surface area contributed by atoms with E-state index in [4.69, 9.17) is 16.3 Å². The van der Waals surface area contributed by atoms with Crippen LogP contribution in [0.3, 0.4) is 0 Å². The van der Waals surface area contributed by atoms with E-state index in [1.807, 2.05) is 36.4 Å². The number of halogens is 1. The third-order valence-electron chi connectivity index (χ3n) is 4.55. The van der Waals surface area contributed by atoms with Gasteiger partial charge in [0, 0.05) is 12.1 Å². The van der Waals surface area contributed by atoms with E-state index in [0.717, 1.165) is 5.56 Å². The molecule has 0 saturated carbocycles. The topological polar surface area (TPSA) is 99.5 Å². The molecule has 0 aliphatic rings. The number of benzene rings is 2. The van der Waals surface area contributed by atoms with Crippen LogP contribution in [0.25, 0.3) is 11.3 Å². The zero-order valence-corrected chi connectivity index (χ0v) is 18.2. The monoisotopic (exact) mass is 455 g/mol. The molecule has 2 aromatic carbocycles. The van der Waals surface area contributed by atoms with E-state index in [1.165, 1.54) is 11.7 Å². The van der Waals surface area contributed by atoms with Gasteiger partial charge in [0.15, 0.2) is 11.0 Å². The Morgan fingerprint density at radius 2 is 1.69 bits per heavy atom. The zero-order chi connectivity index (χ0) is 22.9. The smallest absolute Gasteiger partial charge is 0.326 e. The molecule has 0 aliphatic heterocycles. The van der Waals surface area contributed by atoms with Crippen molar-refractivity contribution in [1.29, 1.82) is 0 Å². The van der Waals surface area contributed by atoms with Crippen LogP contribution >= 0.6 is 11.6 Å². The molecule has 0 atom stereocenters. The Hall–Kier alpha value is -3.65. The van der Waals surface area contributed by atoms with E-state index in [1.54, 1.807) is 24.3 Å². The number of anilines is 1. The molecule has 1 heterocycles. The van der Waals surface area contributed by atoms with Gasteiger partial charge in [-0.15, -0.1) is 0 Å². The first kappa shape index (κ1) is 23.0. The van der Waals surface area contributed by atoms with Crippen molar-refractivity contribution in [2.75, 3.05) is 19.0 Å². The molecule has 1 aromatic heterocycles. The van der Waals surface area contributed by atoms with Crippen molar-refractivity contribution in [3.8, 4) is 11.3 Å². The molecule has 8 nitrogen and oxygen atoms in total. The summed E-state index contributed by atoms with van der Waals surface area (Å²) in [6, 6.07) is 18.1. The highest BCUT2D eigenvalue weighted by molar-refractivity contribution is 6.32. The van der Waals surface area contributed by atoms with Crippen molar-refractivity contribution in [1.82, 2.24) is 9.55 Å². The first-order valence-electron chi connectivity index (χ1n) is 9.85. The summed E-state index contributed by atoms with van der Waals surface area (Å²) < 4.78 is 11.2. The van der Waals surface area contributed by atoms with Gasteiger partial charge in [-0.25, -0.2) is 4.98 Å². The number of esters is 2. The largest absolute Gasteiger partial charge is 0.469 e. The molecule has 0 fully saturated rings. The standard InChI is InChI=1S/C23H22ClN3O5/c1-31-18(28)12-13-25-22-23(30)27(14-19(29)32-15-16-8-4-2-5-9-16)20(21(24)26-22)17-10-6-3-7-11-17/h2-11H,12-15H2,1H3,(H,25,26). The van der Waals surface area contributed by atoms with Crippen molar-refractivity contribution in [3.05, 3.63) is 81.7 Å². The molecule has 0 saturated heterocycles. The number of methoxy groups -OCH3 is 1. The maximum absolute atomic E-state index is 13.1. The lowest BCUT2D eigenvalue weighted by molar-refractivity contribution is -0.145. The third kappa shape index (κ3) is 5.95. The third-order valence-corrected chi connectivity index (χ3v) is 4.81. The minimum Gasteiger partial charge on any atom is -0.469 e. The minimum atomic E-state index is -0.601. The molecule has 9 heteroatoms. The predicted molar refractivity (Wildman–Crippen MR) is 120 cm³/mol. The summed E-state index contributed by atoms with van der Waals surface area (Å²) >= 11 is 6.41. The Morgan fingerprint density at radius 1 is 1.03 bits per heavy atom. The summed E-state index contributed by atoms with van der Waals surface area (Å²) in [7, 11) is 1.28. The van der Waals surface area contributed by atoms with Crippen molar-refractivity contribution < 1.29 is 19.1 Å². The Balaban J connectivity index is 1.88. The van der Waals surface area contributed by atoms with Gasteiger partial charge in [0.05, 0.1) is 19.2 Å². The van der Waals surface area contributed by atoms with E-state index in [2.05, 4.69) is 15.0 Å². The second kappa shape index (κ2) is 11.1. The summed E-state index contributed by atoms with van der Waals surface area (Å²) in [4.78, 5) is 41.2. The lowest BCUT2D eigenvalue weighted by Crippen LogP contribution is -2.30. The average molecular weight is 456 g/mol. The molecular formula is C23H22ClN3O5. The fourth-order valence-corrected chi connectivity index (χ4v) is 3.27. The molecule has 0 unspecified atom stereocenters. The SMILES string of the molecule is COC(=O)CCNc1nc(Cl)c(-c2ccccc2)n(CC(=O)OCc2ccccc2)c1=O.